The summed E-state index contributed by atoms with van der Waals surface area (Å²) in [6.45, 7) is 7.08. The Morgan fingerprint density at radius 3 is 2.81 bits per heavy atom. The fourth-order valence-electron chi connectivity index (χ4n) is 4.22. The van der Waals surface area contributed by atoms with E-state index in [1.807, 2.05) is 32.9 Å². The third kappa shape index (κ3) is 3.44. The van der Waals surface area contributed by atoms with Crippen molar-refractivity contribution >= 4 is 22.8 Å². The number of nitrogens with one attached hydrogen (secondary N) is 1. The maximum absolute atomic E-state index is 13.5. The van der Waals surface area contributed by atoms with Crippen molar-refractivity contribution in [1.29, 1.82) is 0 Å². The zero-order chi connectivity index (χ0) is 21.9. The number of carbonyl (C=O) groups excluding carboxylic acids is 1. The van der Waals surface area contributed by atoms with Gasteiger partial charge in [-0.3, -0.25) is 9.48 Å². The number of rotatable bonds is 4. The van der Waals surface area contributed by atoms with Crippen LogP contribution < -0.4 is 10.2 Å². The number of anilines is 2. The Morgan fingerprint density at radius 2 is 2.16 bits per heavy atom. The zero-order valence-corrected chi connectivity index (χ0v) is 17.5. The van der Waals surface area contributed by atoms with Gasteiger partial charge in [0.1, 0.15) is 0 Å². The molecule has 2 saturated heterocycles. The molecule has 3 aromatic rings. The quantitative estimate of drug-likeness (QED) is 0.686. The second kappa shape index (κ2) is 7.01. The Morgan fingerprint density at radius 1 is 1.35 bits per heavy atom. The summed E-state index contributed by atoms with van der Waals surface area (Å²) in [6, 6.07) is 4.21. The molecule has 2 atom stereocenters. The molecule has 3 aromatic heterocycles. The van der Waals surface area contributed by atoms with Crippen LogP contribution in [0.15, 0.2) is 30.7 Å². The summed E-state index contributed by atoms with van der Waals surface area (Å²) < 4.78 is 35.7. The predicted molar refractivity (Wildman–Crippen MR) is 111 cm³/mol. The number of halogens is 2. The highest BCUT2D eigenvalue weighted by molar-refractivity contribution is 6.09. The van der Waals surface area contributed by atoms with E-state index in [0.717, 1.165) is 18.7 Å². The fourth-order valence-corrected chi connectivity index (χ4v) is 4.22. The minimum Gasteiger partial charge on any atom is -0.374 e. The molecule has 1 amide bonds. The van der Waals surface area contributed by atoms with E-state index in [1.165, 1.54) is 17.1 Å². The van der Waals surface area contributed by atoms with Crippen molar-refractivity contribution in [2.45, 2.75) is 51.3 Å². The molecule has 5 heterocycles. The lowest BCUT2D eigenvalue weighted by molar-refractivity contribution is 0.0991. The molecule has 0 aliphatic carbocycles. The summed E-state index contributed by atoms with van der Waals surface area (Å²) in [5, 5.41) is 10.8. The number of carbonyl (C=O) groups is 1. The van der Waals surface area contributed by atoms with Crippen molar-refractivity contribution in [3.05, 3.63) is 42.0 Å². The molecule has 2 aliphatic rings. The SMILES string of the molecule is CC(C)(C)n1cc(NC(=O)c2cnn3ccc(N4C[C@H]5C[C@@H]4CO5)cc23)c(C(F)F)n1. The molecule has 5 rings (SSSR count). The van der Waals surface area contributed by atoms with Crippen LogP contribution in [0.5, 0.6) is 0 Å². The standard InChI is InChI=1S/C21H24F2N6O2/c1-21(2,3)29-10-16(18(26-29)19(22)23)25-20(30)15-8-24-28-5-4-12(7-17(15)28)27-9-14-6-13(27)11-31-14/h4-5,7-8,10,13-14,19H,6,9,11H2,1-3H3,(H,25,30)/t13-,14-/m1/s1. The van der Waals surface area contributed by atoms with Gasteiger partial charge in [0.2, 0.25) is 0 Å². The molecule has 0 unspecified atom stereocenters. The minimum atomic E-state index is -2.80. The second-order valence-corrected chi connectivity index (χ2v) is 9.07. The first-order valence-electron chi connectivity index (χ1n) is 10.3. The van der Waals surface area contributed by atoms with Gasteiger partial charge in [0.05, 0.1) is 47.3 Å². The second-order valence-electron chi connectivity index (χ2n) is 9.07. The van der Waals surface area contributed by atoms with Crippen molar-refractivity contribution in [2.75, 3.05) is 23.4 Å². The molecule has 2 aliphatic heterocycles. The molecule has 2 fully saturated rings. The van der Waals surface area contributed by atoms with Crippen molar-refractivity contribution in [3.8, 4) is 0 Å². The molecule has 1 N–H and O–H groups in total. The lowest BCUT2D eigenvalue weighted by Gasteiger charge is -2.29. The highest BCUT2D eigenvalue weighted by Gasteiger charge is 2.39. The van der Waals surface area contributed by atoms with E-state index in [4.69, 9.17) is 4.74 Å². The maximum Gasteiger partial charge on any atom is 0.284 e. The Labute approximate surface area is 177 Å². The Hall–Kier alpha value is -3.01. The summed E-state index contributed by atoms with van der Waals surface area (Å²) in [6.07, 6.45) is 3.15. The molecule has 0 radical (unpaired) electrons. The van der Waals surface area contributed by atoms with Crippen LogP contribution in [0.1, 0.15) is 49.7 Å². The Kier molecular flexibility index (Phi) is 4.51. The third-order valence-corrected chi connectivity index (χ3v) is 5.87. The number of pyridine rings is 1. The van der Waals surface area contributed by atoms with Gasteiger partial charge in [0, 0.05) is 24.6 Å². The molecule has 31 heavy (non-hydrogen) atoms. The van der Waals surface area contributed by atoms with E-state index in [9.17, 15) is 13.6 Å². The first kappa shape index (κ1) is 19.9. The number of hydrogen-bond donors (Lipinski definition) is 1. The number of ether oxygens (including phenoxy) is 1. The molecule has 8 nitrogen and oxygen atoms in total. The van der Waals surface area contributed by atoms with Gasteiger partial charge in [-0.2, -0.15) is 10.2 Å². The zero-order valence-electron chi connectivity index (χ0n) is 17.5. The smallest absolute Gasteiger partial charge is 0.284 e. The van der Waals surface area contributed by atoms with E-state index < -0.39 is 23.6 Å². The topological polar surface area (TPSA) is 76.7 Å². The molecular formula is C21H24F2N6O2. The lowest BCUT2D eigenvalue weighted by Crippen LogP contribution is -2.36. The Balaban J connectivity index is 1.45. The average molecular weight is 430 g/mol. The van der Waals surface area contributed by atoms with Crippen molar-refractivity contribution in [1.82, 2.24) is 19.4 Å². The van der Waals surface area contributed by atoms with Crippen molar-refractivity contribution < 1.29 is 18.3 Å². The van der Waals surface area contributed by atoms with Gasteiger partial charge < -0.3 is 15.0 Å². The normalized spacial score (nSPS) is 20.9. The highest BCUT2D eigenvalue weighted by atomic mass is 19.3. The number of hydrogen-bond acceptors (Lipinski definition) is 5. The van der Waals surface area contributed by atoms with Gasteiger partial charge in [0.25, 0.3) is 12.3 Å². The summed E-state index contributed by atoms with van der Waals surface area (Å²) in [7, 11) is 0. The predicted octanol–water partition coefficient (Wildman–Crippen LogP) is 3.45. The van der Waals surface area contributed by atoms with Crippen LogP contribution in [0.3, 0.4) is 0 Å². The molecule has 10 heteroatoms. The van der Waals surface area contributed by atoms with Gasteiger partial charge in [-0.25, -0.2) is 13.3 Å². The van der Waals surface area contributed by atoms with Crippen LogP contribution in [0.2, 0.25) is 0 Å². The summed E-state index contributed by atoms with van der Waals surface area (Å²) in [5.41, 5.74) is 0.969. The van der Waals surface area contributed by atoms with E-state index in [2.05, 4.69) is 20.4 Å². The van der Waals surface area contributed by atoms with Gasteiger partial charge in [-0.1, -0.05) is 0 Å². The fraction of sp³-hybridized carbons (Fsp3) is 0.476. The molecule has 0 spiro atoms. The molecule has 2 bridgehead atoms. The minimum absolute atomic E-state index is 0.000527. The van der Waals surface area contributed by atoms with E-state index in [-0.39, 0.29) is 11.8 Å². The first-order chi connectivity index (χ1) is 14.7. The monoisotopic (exact) mass is 430 g/mol. The third-order valence-electron chi connectivity index (χ3n) is 5.87. The number of alkyl halides is 2. The van der Waals surface area contributed by atoms with Crippen LogP contribution in [-0.4, -0.2) is 50.6 Å². The van der Waals surface area contributed by atoms with Crippen molar-refractivity contribution in [2.24, 2.45) is 0 Å². The molecule has 0 saturated carbocycles. The van der Waals surface area contributed by atoms with Crippen LogP contribution in [0.25, 0.3) is 5.52 Å². The highest BCUT2D eigenvalue weighted by Crippen LogP contribution is 2.34. The van der Waals surface area contributed by atoms with Crippen molar-refractivity contribution in [3.63, 3.8) is 0 Å². The van der Waals surface area contributed by atoms with Crippen LogP contribution >= 0.6 is 0 Å². The van der Waals surface area contributed by atoms with Gasteiger partial charge in [-0.05, 0) is 39.3 Å². The molecule has 164 valence electrons. The molecule has 0 aromatic carbocycles. The largest absolute Gasteiger partial charge is 0.374 e. The number of morpholine rings is 1. The number of aromatic nitrogens is 4. The van der Waals surface area contributed by atoms with Crippen LogP contribution in [0, 0.1) is 0 Å². The number of nitrogens with zero attached hydrogens (tertiary/aromatic N) is 5. The average Bonchev–Trinajstić information content (AvgIpc) is 3.48. The first-order valence-corrected chi connectivity index (χ1v) is 10.3. The number of fused-ring (bicyclic) bond motifs is 3. The van der Waals surface area contributed by atoms with Crippen LogP contribution in [-0.2, 0) is 10.3 Å². The summed E-state index contributed by atoms with van der Waals surface area (Å²) >= 11 is 0. The van der Waals surface area contributed by atoms with Gasteiger partial charge in [0.15, 0.2) is 5.69 Å². The number of amides is 1. The summed E-state index contributed by atoms with van der Waals surface area (Å²) in [4.78, 5) is 15.3. The summed E-state index contributed by atoms with van der Waals surface area (Å²) in [5.74, 6) is -0.506. The van der Waals surface area contributed by atoms with E-state index in [1.54, 1.807) is 10.7 Å². The van der Waals surface area contributed by atoms with Gasteiger partial charge in [-0.15, -0.1) is 0 Å². The lowest BCUT2D eigenvalue weighted by atomic mass is 10.1. The van der Waals surface area contributed by atoms with Gasteiger partial charge >= 0.3 is 0 Å². The Bertz CT molecular complexity index is 1150. The maximum atomic E-state index is 13.5. The van der Waals surface area contributed by atoms with E-state index in [0.29, 0.717) is 23.7 Å². The van der Waals surface area contributed by atoms with E-state index >= 15 is 0 Å². The molecular weight excluding hydrogens is 406 g/mol. The van der Waals surface area contributed by atoms with Crippen LogP contribution in [0.4, 0.5) is 20.2 Å².